The first kappa shape index (κ1) is 20.4. The average molecular weight is 399 g/mol. The van der Waals surface area contributed by atoms with Gasteiger partial charge in [-0.1, -0.05) is 31.5 Å². The van der Waals surface area contributed by atoms with Gasteiger partial charge in [-0.05, 0) is 42.8 Å². The molecule has 0 atom stereocenters. The molecule has 0 heterocycles. The zero-order valence-electron chi connectivity index (χ0n) is 14.7. The number of hydrogen-bond acceptors (Lipinski definition) is 3. The van der Waals surface area contributed by atoms with Crippen LogP contribution in [0.4, 0.5) is 10.1 Å². The molecule has 140 valence electrons. The quantitative estimate of drug-likeness (QED) is 0.797. The lowest BCUT2D eigenvalue weighted by atomic mass is 10.1. The summed E-state index contributed by atoms with van der Waals surface area (Å²) in [5.41, 5.74) is 1.33. The van der Waals surface area contributed by atoms with Crippen molar-refractivity contribution in [3.8, 4) is 0 Å². The minimum atomic E-state index is -4.02. The highest BCUT2D eigenvalue weighted by atomic mass is 35.5. The SMILES string of the molecule is CCN(CC)S(=O)(=O)c1cc(C(=O)Nc2cc(Cl)ccc2C)ccc1F. The van der Waals surface area contributed by atoms with E-state index in [1.807, 2.05) is 0 Å². The Morgan fingerprint density at radius 1 is 1.15 bits per heavy atom. The first-order chi connectivity index (χ1) is 12.2. The van der Waals surface area contributed by atoms with E-state index in [1.54, 1.807) is 39.0 Å². The number of nitrogens with zero attached hydrogens (tertiary/aromatic N) is 1. The predicted octanol–water partition coefficient (Wildman–Crippen LogP) is 4.07. The van der Waals surface area contributed by atoms with E-state index in [0.29, 0.717) is 10.7 Å². The Balaban J connectivity index is 2.40. The fourth-order valence-electron chi connectivity index (χ4n) is 2.47. The number of benzene rings is 2. The van der Waals surface area contributed by atoms with Crippen LogP contribution in [0.25, 0.3) is 0 Å². The largest absolute Gasteiger partial charge is 0.322 e. The average Bonchev–Trinajstić information content (AvgIpc) is 2.59. The van der Waals surface area contributed by atoms with Gasteiger partial charge in [-0.3, -0.25) is 4.79 Å². The highest BCUT2D eigenvalue weighted by Gasteiger charge is 2.26. The van der Waals surface area contributed by atoms with Gasteiger partial charge in [0.2, 0.25) is 10.0 Å². The molecule has 0 fully saturated rings. The molecule has 0 unspecified atom stereocenters. The summed E-state index contributed by atoms with van der Waals surface area (Å²) in [5, 5.41) is 3.12. The molecule has 1 amide bonds. The molecule has 2 aromatic rings. The monoisotopic (exact) mass is 398 g/mol. The highest BCUT2D eigenvalue weighted by Crippen LogP contribution is 2.23. The Bertz CT molecular complexity index is 928. The molecule has 26 heavy (non-hydrogen) atoms. The number of carbonyl (C=O) groups is 1. The third-order valence-electron chi connectivity index (χ3n) is 3.96. The van der Waals surface area contributed by atoms with Crippen molar-refractivity contribution < 1.29 is 17.6 Å². The Morgan fingerprint density at radius 3 is 2.42 bits per heavy atom. The van der Waals surface area contributed by atoms with Gasteiger partial charge in [0.15, 0.2) is 0 Å². The summed E-state index contributed by atoms with van der Waals surface area (Å²) in [5.74, 6) is -1.45. The van der Waals surface area contributed by atoms with Gasteiger partial charge in [0.05, 0.1) is 0 Å². The summed E-state index contributed by atoms with van der Waals surface area (Å²) >= 11 is 5.93. The summed E-state index contributed by atoms with van der Waals surface area (Å²) in [4.78, 5) is 12.0. The lowest BCUT2D eigenvalue weighted by Gasteiger charge is -2.19. The molecule has 0 aliphatic carbocycles. The lowest BCUT2D eigenvalue weighted by Crippen LogP contribution is -2.31. The van der Waals surface area contributed by atoms with E-state index in [9.17, 15) is 17.6 Å². The smallest absolute Gasteiger partial charge is 0.255 e. The molecule has 0 aliphatic heterocycles. The zero-order valence-corrected chi connectivity index (χ0v) is 16.3. The summed E-state index contributed by atoms with van der Waals surface area (Å²) in [6, 6.07) is 8.31. The fraction of sp³-hybridized carbons (Fsp3) is 0.278. The molecular formula is C18H20ClFN2O3S. The Morgan fingerprint density at radius 2 is 1.81 bits per heavy atom. The summed E-state index contributed by atoms with van der Waals surface area (Å²) < 4.78 is 40.5. The topological polar surface area (TPSA) is 66.5 Å². The molecular weight excluding hydrogens is 379 g/mol. The minimum Gasteiger partial charge on any atom is -0.322 e. The van der Waals surface area contributed by atoms with E-state index < -0.39 is 26.6 Å². The third kappa shape index (κ3) is 4.23. The third-order valence-corrected chi connectivity index (χ3v) is 6.26. The molecule has 1 N–H and O–H groups in total. The first-order valence-corrected chi connectivity index (χ1v) is 9.89. The van der Waals surface area contributed by atoms with Gasteiger partial charge in [0, 0.05) is 29.4 Å². The maximum absolute atomic E-state index is 14.2. The van der Waals surface area contributed by atoms with Crippen LogP contribution in [0.5, 0.6) is 0 Å². The first-order valence-electron chi connectivity index (χ1n) is 8.07. The fourth-order valence-corrected chi connectivity index (χ4v) is 4.19. The van der Waals surface area contributed by atoms with Gasteiger partial charge < -0.3 is 5.32 Å². The molecule has 8 heteroatoms. The number of amides is 1. The van der Waals surface area contributed by atoms with Crippen molar-refractivity contribution in [3.63, 3.8) is 0 Å². The van der Waals surface area contributed by atoms with Crippen molar-refractivity contribution in [3.05, 3.63) is 58.4 Å². The van der Waals surface area contributed by atoms with Crippen molar-refractivity contribution in [2.45, 2.75) is 25.7 Å². The predicted molar refractivity (Wildman–Crippen MR) is 101 cm³/mol. The van der Waals surface area contributed by atoms with Gasteiger partial charge in [-0.25, -0.2) is 12.8 Å². The molecule has 5 nitrogen and oxygen atoms in total. The number of rotatable bonds is 6. The number of halogens is 2. The van der Waals surface area contributed by atoms with Crippen LogP contribution in [-0.4, -0.2) is 31.7 Å². The number of aryl methyl sites for hydroxylation is 1. The Labute approximate surface area is 157 Å². The summed E-state index contributed by atoms with van der Waals surface area (Å²) in [7, 11) is -4.02. The Hall–Kier alpha value is -1.96. The second-order valence-electron chi connectivity index (χ2n) is 5.65. The van der Waals surface area contributed by atoms with Crippen LogP contribution in [0.15, 0.2) is 41.3 Å². The van der Waals surface area contributed by atoms with Gasteiger partial charge in [-0.15, -0.1) is 0 Å². The van der Waals surface area contributed by atoms with Crippen LogP contribution in [0.2, 0.25) is 5.02 Å². The number of carbonyl (C=O) groups excluding carboxylic acids is 1. The highest BCUT2D eigenvalue weighted by molar-refractivity contribution is 7.89. The second-order valence-corrected chi connectivity index (χ2v) is 7.99. The van der Waals surface area contributed by atoms with Crippen molar-refractivity contribution in [2.75, 3.05) is 18.4 Å². The van der Waals surface area contributed by atoms with Crippen LogP contribution < -0.4 is 5.32 Å². The minimum absolute atomic E-state index is 0.0384. The van der Waals surface area contributed by atoms with Crippen LogP contribution in [0, 0.1) is 12.7 Å². The maximum Gasteiger partial charge on any atom is 0.255 e. The van der Waals surface area contributed by atoms with Crippen LogP contribution in [0.3, 0.4) is 0 Å². The molecule has 2 rings (SSSR count). The number of sulfonamides is 1. The van der Waals surface area contributed by atoms with Gasteiger partial charge >= 0.3 is 0 Å². The van der Waals surface area contributed by atoms with E-state index in [2.05, 4.69) is 5.32 Å². The molecule has 0 saturated heterocycles. The van der Waals surface area contributed by atoms with Gasteiger partial charge in [-0.2, -0.15) is 4.31 Å². The van der Waals surface area contributed by atoms with E-state index in [0.717, 1.165) is 22.0 Å². The van der Waals surface area contributed by atoms with Gasteiger partial charge in [0.1, 0.15) is 10.7 Å². The summed E-state index contributed by atoms with van der Waals surface area (Å²) in [6.07, 6.45) is 0. The second kappa shape index (κ2) is 8.16. The molecule has 0 radical (unpaired) electrons. The Kier molecular flexibility index (Phi) is 6.39. The molecule has 0 saturated carbocycles. The molecule has 0 bridgehead atoms. The molecule has 0 spiro atoms. The van der Waals surface area contributed by atoms with Crippen molar-refractivity contribution in [1.29, 1.82) is 0 Å². The van der Waals surface area contributed by atoms with Crippen LogP contribution in [0.1, 0.15) is 29.8 Å². The van der Waals surface area contributed by atoms with Crippen molar-refractivity contribution in [2.24, 2.45) is 0 Å². The maximum atomic E-state index is 14.2. The van der Waals surface area contributed by atoms with E-state index >= 15 is 0 Å². The summed E-state index contributed by atoms with van der Waals surface area (Å²) in [6.45, 7) is 5.54. The normalized spacial score (nSPS) is 11.6. The standard InChI is InChI=1S/C18H20ClFN2O3S/c1-4-22(5-2)26(24,25)17-10-13(7-9-15(17)20)18(23)21-16-11-14(19)8-6-12(16)3/h6-11H,4-5H2,1-3H3,(H,21,23). The number of nitrogens with one attached hydrogen (secondary N) is 1. The molecule has 0 aromatic heterocycles. The zero-order chi connectivity index (χ0) is 19.5. The van der Waals surface area contributed by atoms with Crippen LogP contribution >= 0.6 is 11.6 Å². The van der Waals surface area contributed by atoms with Crippen molar-refractivity contribution >= 4 is 33.2 Å². The molecule has 0 aliphatic rings. The number of anilines is 1. The number of hydrogen-bond donors (Lipinski definition) is 1. The van der Waals surface area contributed by atoms with Crippen molar-refractivity contribution in [1.82, 2.24) is 4.31 Å². The van der Waals surface area contributed by atoms with Crippen LogP contribution in [-0.2, 0) is 10.0 Å². The lowest BCUT2D eigenvalue weighted by molar-refractivity contribution is 0.102. The van der Waals surface area contributed by atoms with E-state index in [-0.39, 0.29) is 18.7 Å². The molecule has 2 aromatic carbocycles. The van der Waals surface area contributed by atoms with Gasteiger partial charge in [0.25, 0.3) is 5.91 Å². The van der Waals surface area contributed by atoms with E-state index in [1.165, 1.54) is 6.07 Å². The van der Waals surface area contributed by atoms with E-state index in [4.69, 9.17) is 11.6 Å².